The maximum atomic E-state index is 9.52. The molecule has 0 aliphatic carbocycles. The number of nitrogens with two attached hydrogens (primary N) is 1. The first-order valence-electron chi connectivity index (χ1n) is 4.80. The van der Waals surface area contributed by atoms with Crippen LogP contribution in [0.25, 0.3) is 0 Å². The fourth-order valence-electron chi connectivity index (χ4n) is 1.25. The lowest BCUT2D eigenvalue weighted by Gasteiger charge is -1.98. The second-order valence-corrected chi connectivity index (χ2v) is 3.22. The van der Waals surface area contributed by atoms with Crippen LogP contribution in [0.2, 0.25) is 0 Å². The molecule has 1 heterocycles. The lowest BCUT2D eigenvalue weighted by Crippen LogP contribution is -1.89. The van der Waals surface area contributed by atoms with Gasteiger partial charge in [-0.15, -0.1) is 0 Å². The average Bonchev–Trinajstić information content (AvgIpc) is 2.30. The molecule has 0 aliphatic heterocycles. The van der Waals surface area contributed by atoms with Crippen LogP contribution in [-0.4, -0.2) is 16.3 Å². The number of pyridine rings is 1. The van der Waals surface area contributed by atoms with E-state index in [1.165, 1.54) is 0 Å². The highest BCUT2D eigenvalue weighted by molar-refractivity contribution is 5.86. The molecule has 4 heteroatoms. The number of phenolic OH excluding ortho intramolecular Hbond substituents is 1. The number of hydrogen-bond donors (Lipinski definition) is 2. The summed E-state index contributed by atoms with van der Waals surface area (Å²) in [5, 5.41) is 9.52. The lowest BCUT2D eigenvalue weighted by molar-refractivity contribution is 0.474. The predicted octanol–water partition coefficient (Wildman–Crippen LogP) is 2.12. The Morgan fingerprint density at radius 1 is 1.19 bits per heavy atom. The Bertz CT molecular complexity index is 476. The zero-order valence-corrected chi connectivity index (χ0v) is 8.54. The summed E-state index contributed by atoms with van der Waals surface area (Å²) in [5.74, 6) is 0.558. The van der Waals surface area contributed by atoms with E-state index in [0.717, 1.165) is 0 Å². The molecule has 0 bridgehead atoms. The second-order valence-electron chi connectivity index (χ2n) is 3.22. The summed E-state index contributed by atoms with van der Waals surface area (Å²) in [4.78, 5) is 8.08. The first-order chi connectivity index (χ1) is 7.77. The summed E-state index contributed by atoms with van der Waals surface area (Å²) in [6.07, 6.45) is 3.16. The van der Waals surface area contributed by atoms with E-state index in [0.29, 0.717) is 17.1 Å². The molecule has 0 fully saturated rings. The second kappa shape index (κ2) is 4.44. The number of nitrogens with zero attached hydrogens (tertiary/aromatic N) is 2. The van der Waals surface area contributed by atoms with Crippen LogP contribution >= 0.6 is 0 Å². The Kier molecular flexibility index (Phi) is 2.82. The van der Waals surface area contributed by atoms with E-state index in [-0.39, 0.29) is 5.75 Å². The number of benzene rings is 1. The molecule has 0 unspecified atom stereocenters. The minimum Gasteiger partial charge on any atom is -0.507 e. The van der Waals surface area contributed by atoms with Crippen molar-refractivity contribution in [1.82, 2.24) is 4.98 Å². The molecule has 80 valence electrons. The lowest BCUT2D eigenvalue weighted by atomic mass is 10.2. The van der Waals surface area contributed by atoms with Crippen molar-refractivity contribution in [1.29, 1.82) is 0 Å². The topological polar surface area (TPSA) is 71.5 Å². The number of aromatic nitrogens is 1. The smallest absolute Gasteiger partial charge is 0.149 e. The van der Waals surface area contributed by atoms with Crippen LogP contribution in [-0.2, 0) is 0 Å². The third-order valence-corrected chi connectivity index (χ3v) is 2.10. The van der Waals surface area contributed by atoms with Gasteiger partial charge in [-0.3, -0.25) is 4.99 Å². The van der Waals surface area contributed by atoms with Gasteiger partial charge >= 0.3 is 0 Å². The van der Waals surface area contributed by atoms with Crippen molar-refractivity contribution in [2.45, 2.75) is 0 Å². The van der Waals surface area contributed by atoms with Crippen molar-refractivity contribution < 1.29 is 5.11 Å². The van der Waals surface area contributed by atoms with Gasteiger partial charge in [-0.1, -0.05) is 12.1 Å². The van der Waals surface area contributed by atoms with Crippen molar-refractivity contribution in [2.75, 3.05) is 5.73 Å². The number of para-hydroxylation sites is 1. The molecular weight excluding hydrogens is 202 g/mol. The normalized spacial score (nSPS) is 10.8. The molecule has 2 aromatic rings. The summed E-state index contributed by atoms with van der Waals surface area (Å²) in [6, 6.07) is 10.5. The highest BCUT2D eigenvalue weighted by Crippen LogP contribution is 2.19. The molecular formula is C12H11N3O. The third-order valence-electron chi connectivity index (χ3n) is 2.10. The van der Waals surface area contributed by atoms with E-state index < -0.39 is 0 Å². The van der Waals surface area contributed by atoms with Gasteiger partial charge < -0.3 is 10.8 Å². The summed E-state index contributed by atoms with van der Waals surface area (Å²) >= 11 is 0. The molecule has 0 atom stereocenters. The Labute approximate surface area is 93.1 Å². The molecule has 0 radical (unpaired) electrons. The summed E-state index contributed by atoms with van der Waals surface area (Å²) in [5.41, 5.74) is 6.87. The summed E-state index contributed by atoms with van der Waals surface area (Å²) in [6.45, 7) is 0. The minimum absolute atomic E-state index is 0.189. The van der Waals surface area contributed by atoms with Crippen LogP contribution in [0.3, 0.4) is 0 Å². The number of aliphatic imine (C=N–C) groups is 1. The van der Waals surface area contributed by atoms with Gasteiger partial charge in [0.05, 0.1) is 0 Å². The van der Waals surface area contributed by atoms with Gasteiger partial charge in [0.1, 0.15) is 17.3 Å². The largest absolute Gasteiger partial charge is 0.507 e. The van der Waals surface area contributed by atoms with E-state index in [4.69, 9.17) is 5.73 Å². The van der Waals surface area contributed by atoms with E-state index in [1.807, 2.05) is 6.07 Å². The van der Waals surface area contributed by atoms with Crippen molar-refractivity contribution in [3.8, 4) is 5.75 Å². The first-order valence-corrected chi connectivity index (χ1v) is 4.80. The standard InChI is InChI=1S/C12H11N3O/c13-12-10(5-3-7-14-12)15-8-9-4-1-2-6-11(9)16/h1-8,16H,(H2,13,14). The van der Waals surface area contributed by atoms with Crippen LogP contribution < -0.4 is 5.73 Å². The van der Waals surface area contributed by atoms with Crippen molar-refractivity contribution in [2.24, 2.45) is 4.99 Å². The monoisotopic (exact) mass is 213 g/mol. The molecule has 4 nitrogen and oxygen atoms in total. The highest BCUT2D eigenvalue weighted by atomic mass is 16.3. The maximum Gasteiger partial charge on any atom is 0.149 e. The Hall–Kier alpha value is -2.36. The number of anilines is 1. The maximum absolute atomic E-state index is 9.52. The van der Waals surface area contributed by atoms with Crippen LogP contribution in [0.5, 0.6) is 5.75 Å². The summed E-state index contributed by atoms with van der Waals surface area (Å²) < 4.78 is 0. The molecule has 0 saturated carbocycles. The van der Waals surface area contributed by atoms with Crippen molar-refractivity contribution in [3.05, 3.63) is 48.2 Å². The van der Waals surface area contributed by atoms with Gasteiger partial charge in [0.2, 0.25) is 0 Å². The van der Waals surface area contributed by atoms with Gasteiger partial charge in [0.15, 0.2) is 0 Å². The molecule has 0 spiro atoms. The molecule has 3 N–H and O–H groups in total. The highest BCUT2D eigenvalue weighted by Gasteiger charge is 1.97. The van der Waals surface area contributed by atoms with E-state index in [2.05, 4.69) is 9.98 Å². The predicted molar refractivity (Wildman–Crippen MR) is 64.0 cm³/mol. The van der Waals surface area contributed by atoms with Crippen LogP contribution in [0, 0.1) is 0 Å². The van der Waals surface area contributed by atoms with Gasteiger partial charge in [0.25, 0.3) is 0 Å². The number of nitrogen functional groups attached to an aromatic ring is 1. The Morgan fingerprint density at radius 3 is 2.75 bits per heavy atom. The first kappa shape index (κ1) is 10.2. The van der Waals surface area contributed by atoms with Crippen LogP contribution in [0.1, 0.15) is 5.56 Å². The fourth-order valence-corrected chi connectivity index (χ4v) is 1.25. The van der Waals surface area contributed by atoms with Gasteiger partial charge in [-0.25, -0.2) is 4.98 Å². The van der Waals surface area contributed by atoms with E-state index >= 15 is 0 Å². The van der Waals surface area contributed by atoms with E-state index in [1.54, 1.807) is 42.7 Å². The molecule has 1 aromatic heterocycles. The van der Waals surface area contributed by atoms with Gasteiger partial charge in [-0.05, 0) is 24.3 Å². The number of rotatable bonds is 2. The van der Waals surface area contributed by atoms with Crippen LogP contribution in [0.15, 0.2) is 47.6 Å². The number of aromatic hydroxyl groups is 1. The Balaban J connectivity index is 2.29. The van der Waals surface area contributed by atoms with Crippen LogP contribution in [0.4, 0.5) is 11.5 Å². The number of phenols is 1. The molecule has 16 heavy (non-hydrogen) atoms. The molecule has 2 rings (SSSR count). The zero-order chi connectivity index (χ0) is 11.4. The minimum atomic E-state index is 0.189. The van der Waals surface area contributed by atoms with E-state index in [9.17, 15) is 5.11 Å². The fraction of sp³-hybridized carbons (Fsp3) is 0. The third kappa shape index (κ3) is 2.17. The average molecular weight is 213 g/mol. The van der Waals surface area contributed by atoms with Crippen molar-refractivity contribution >= 4 is 17.7 Å². The quantitative estimate of drug-likeness (QED) is 0.750. The van der Waals surface area contributed by atoms with Gasteiger partial charge in [-0.2, -0.15) is 0 Å². The Morgan fingerprint density at radius 2 is 2.00 bits per heavy atom. The SMILES string of the molecule is Nc1ncccc1N=Cc1ccccc1O. The molecule has 1 aromatic carbocycles. The van der Waals surface area contributed by atoms with Crippen molar-refractivity contribution in [3.63, 3.8) is 0 Å². The van der Waals surface area contributed by atoms with Gasteiger partial charge in [0, 0.05) is 18.0 Å². The molecule has 0 saturated heterocycles. The zero-order valence-electron chi connectivity index (χ0n) is 8.54. The number of hydrogen-bond acceptors (Lipinski definition) is 4. The molecule has 0 aliphatic rings. The molecule has 0 amide bonds. The summed E-state index contributed by atoms with van der Waals surface area (Å²) in [7, 11) is 0.